The first-order valence-corrected chi connectivity index (χ1v) is 11.9. The van der Waals surface area contributed by atoms with Gasteiger partial charge in [-0.05, 0) is 61.7 Å². The number of unbranched alkanes of at least 4 members (excludes halogenated alkanes) is 1. The average Bonchev–Trinajstić information content (AvgIpc) is 3.46. The van der Waals surface area contributed by atoms with Crippen molar-refractivity contribution in [2.45, 2.75) is 52.4 Å². The van der Waals surface area contributed by atoms with E-state index in [9.17, 15) is 9.59 Å². The van der Waals surface area contributed by atoms with Crippen LogP contribution < -0.4 is 10.7 Å². The predicted molar refractivity (Wildman–Crippen MR) is 128 cm³/mol. The molecule has 3 aromatic rings. The Balaban J connectivity index is 1.50. The summed E-state index contributed by atoms with van der Waals surface area (Å²) in [7, 11) is 0. The summed E-state index contributed by atoms with van der Waals surface area (Å²) < 4.78 is 5.95. The summed E-state index contributed by atoms with van der Waals surface area (Å²) in [6, 6.07) is 11.5. The molecule has 32 heavy (non-hydrogen) atoms. The van der Waals surface area contributed by atoms with Crippen LogP contribution in [-0.4, -0.2) is 17.5 Å². The van der Waals surface area contributed by atoms with Gasteiger partial charge in [0.1, 0.15) is 5.76 Å². The molecule has 0 aliphatic heterocycles. The van der Waals surface area contributed by atoms with Crippen molar-refractivity contribution < 1.29 is 14.0 Å². The number of anilines is 1. The smallest absolute Gasteiger partial charge is 0.291 e. The number of thiophene rings is 1. The number of carbonyl (C=O) groups excluding carboxylic acids is 2. The second-order valence-electron chi connectivity index (χ2n) is 7.94. The van der Waals surface area contributed by atoms with E-state index in [0.717, 1.165) is 66.8 Å². The maximum Gasteiger partial charge on any atom is 0.291 e. The predicted octanol–water partition coefficient (Wildman–Crippen LogP) is 5.71. The van der Waals surface area contributed by atoms with E-state index >= 15 is 0 Å². The van der Waals surface area contributed by atoms with E-state index in [1.807, 2.05) is 42.6 Å². The number of hydrogen-bond acceptors (Lipinski definition) is 5. The van der Waals surface area contributed by atoms with Crippen LogP contribution in [0.4, 0.5) is 5.69 Å². The van der Waals surface area contributed by atoms with E-state index in [4.69, 9.17) is 4.42 Å². The Kier molecular flexibility index (Phi) is 6.85. The van der Waals surface area contributed by atoms with Crippen molar-refractivity contribution in [1.29, 1.82) is 0 Å². The van der Waals surface area contributed by atoms with Crippen molar-refractivity contribution in [2.24, 2.45) is 5.10 Å². The van der Waals surface area contributed by atoms with Gasteiger partial charge in [0.25, 0.3) is 11.8 Å². The quantitative estimate of drug-likeness (QED) is 0.453. The Morgan fingerprint density at radius 2 is 1.94 bits per heavy atom. The van der Waals surface area contributed by atoms with E-state index in [1.54, 1.807) is 6.07 Å². The maximum atomic E-state index is 12.9. The standard InChI is InChI=1S/C25H27N3O3S/c1-3-4-7-17-11-13-18(14-12-17)26-25(30)23-16(2)22-19(8-5-9-20(22)31-23)27-28-24(29)21-10-6-15-32-21/h6,10-15H,3-5,7-9H2,1-2H3,(H,26,30)(H,28,29)/b27-19+. The molecule has 4 rings (SSSR count). The molecule has 1 aliphatic carbocycles. The van der Waals surface area contributed by atoms with E-state index in [-0.39, 0.29) is 11.8 Å². The molecule has 2 aromatic heterocycles. The molecule has 2 N–H and O–H groups in total. The molecule has 0 radical (unpaired) electrons. The van der Waals surface area contributed by atoms with Crippen LogP contribution in [0, 0.1) is 6.92 Å². The second kappa shape index (κ2) is 9.96. The Hall–Kier alpha value is -3.19. The zero-order valence-electron chi connectivity index (χ0n) is 18.4. The third kappa shape index (κ3) is 4.83. The fourth-order valence-corrected chi connectivity index (χ4v) is 4.51. The molecule has 2 amide bonds. The molecule has 7 heteroatoms. The largest absolute Gasteiger partial charge is 0.455 e. The van der Waals surface area contributed by atoms with Crippen LogP contribution >= 0.6 is 11.3 Å². The van der Waals surface area contributed by atoms with Crippen LogP contribution in [0.25, 0.3) is 0 Å². The first-order valence-electron chi connectivity index (χ1n) is 11.0. The van der Waals surface area contributed by atoms with Gasteiger partial charge in [-0.1, -0.05) is 31.5 Å². The highest BCUT2D eigenvalue weighted by Crippen LogP contribution is 2.30. The van der Waals surface area contributed by atoms with Gasteiger partial charge in [-0.15, -0.1) is 11.3 Å². The molecule has 0 saturated heterocycles. The molecule has 0 saturated carbocycles. The number of amides is 2. The Morgan fingerprint density at radius 1 is 1.12 bits per heavy atom. The van der Waals surface area contributed by atoms with Gasteiger partial charge in [-0.25, -0.2) is 5.43 Å². The van der Waals surface area contributed by atoms with Gasteiger partial charge in [0.05, 0.1) is 10.6 Å². The van der Waals surface area contributed by atoms with E-state index in [2.05, 4.69) is 22.8 Å². The first-order chi connectivity index (χ1) is 15.6. The summed E-state index contributed by atoms with van der Waals surface area (Å²) in [6.45, 7) is 4.04. The first kappa shape index (κ1) is 22.0. The lowest BCUT2D eigenvalue weighted by Gasteiger charge is -2.13. The molecule has 0 spiro atoms. The third-order valence-electron chi connectivity index (χ3n) is 5.60. The fourth-order valence-electron chi connectivity index (χ4n) is 3.90. The molecule has 1 aromatic carbocycles. The Bertz CT molecular complexity index is 1130. The van der Waals surface area contributed by atoms with Crippen LogP contribution in [0.15, 0.2) is 51.3 Å². The number of hydrogen-bond donors (Lipinski definition) is 2. The fraction of sp³-hybridized carbons (Fsp3) is 0.320. The molecule has 0 atom stereocenters. The Labute approximate surface area is 191 Å². The van der Waals surface area contributed by atoms with E-state index in [1.165, 1.54) is 16.9 Å². The number of nitrogens with zero attached hydrogens (tertiary/aromatic N) is 1. The summed E-state index contributed by atoms with van der Waals surface area (Å²) in [5.41, 5.74) is 6.97. The van der Waals surface area contributed by atoms with Gasteiger partial charge in [0, 0.05) is 23.2 Å². The van der Waals surface area contributed by atoms with Crippen molar-refractivity contribution >= 4 is 34.6 Å². The van der Waals surface area contributed by atoms with Gasteiger partial charge in [-0.2, -0.15) is 5.10 Å². The number of benzene rings is 1. The Morgan fingerprint density at radius 3 is 2.66 bits per heavy atom. The van der Waals surface area contributed by atoms with Crippen molar-refractivity contribution in [2.75, 3.05) is 5.32 Å². The summed E-state index contributed by atoms with van der Waals surface area (Å²) in [6.07, 6.45) is 5.67. The van der Waals surface area contributed by atoms with Crippen LogP contribution in [-0.2, 0) is 12.8 Å². The molecule has 1 aliphatic rings. The molecule has 0 fully saturated rings. The number of furan rings is 1. The summed E-state index contributed by atoms with van der Waals surface area (Å²) >= 11 is 1.37. The number of aryl methyl sites for hydroxylation is 2. The lowest BCUT2D eigenvalue weighted by Crippen LogP contribution is -2.21. The van der Waals surface area contributed by atoms with E-state index in [0.29, 0.717) is 10.6 Å². The van der Waals surface area contributed by atoms with Gasteiger partial charge in [0.2, 0.25) is 0 Å². The number of carbonyl (C=O) groups is 2. The average molecular weight is 450 g/mol. The number of hydrazone groups is 1. The topological polar surface area (TPSA) is 83.7 Å². The normalized spacial score (nSPS) is 14.2. The monoisotopic (exact) mass is 449 g/mol. The van der Waals surface area contributed by atoms with Gasteiger partial charge >= 0.3 is 0 Å². The van der Waals surface area contributed by atoms with Crippen LogP contribution in [0.3, 0.4) is 0 Å². The molecule has 6 nitrogen and oxygen atoms in total. The van der Waals surface area contributed by atoms with Crippen LogP contribution in [0.1, 0.15) is 75.3 Å². The lowest BCUT2D eigenvalue weighted by molar-refractivity contribution is 0.0957. The summed E-state index contributed by atoms with van der Waals surface area (Å²) in [5, 5.41) is 9.15. The summed E-state index contributed by atoms with van der Waals surface area (Å²) in [4.78, 5) is 25.8. The number of fused-ring (bicyclic) bond motifs is 1. The second-order valence-corrected chi connectivity index (χ2v) is 8.89. The lowest BCUT2D eigenvalue weighted by atomic mass is 9.93. The zero-order chi connectivity index (χ0) is 22.5. The molecular weight excluding hydrogens is 422 g/mol. The minimum atomic E-state index is -0.278. The maximum absolute atomic E-state index is 12.9. The van der Waals surface area contributed by atoms with Crippen molar-refractivity contribution in [3.05, 3.63) is 74.9 Å². The summed E-state index contributed by atoms with van der Waals surface area (Å²) in [5.74, 6) is 0.531. The van der Waals surface area contributed by atoms with Crippen LogP contribution in [0.5, 0.6) is 0 Å². The zero-order valence-corrected chi connectivity index (χ0v) is 19.2. The van der Waals surface area contributed by atoms with Gasteiger partial charge < -0.3 is 9.73 Å². The molecule has 2 heterocycles. The van der Waals surface area contributed by atoms with E-state index < -0.39 is 0 Å². The molecular formula is C25H27N3O3S. The number of nitrogens with one attached hydrogen (secondary N) is 2. The van der Waals surface area contributed by atoms with Crippen molar-refractivity contribution in [3.8, 4) is 0 Å². The number of rotatable bonds is 7. The van der Waals surface area contributed by atoms with Crippen molar-refractivity contribution in [1.82, 2.24) is 5.43 Å². The highest BCUT2D eigenvalue weighted by atomic mass is 32.1. The molecule has 0 unspecified atom stereocenters. The molecule has 166 valence electrons. The SMILES string of the molecule is CCCCc1ccc(NC(=O)c2oc3c(c2C)/C(=N/NC(=O)c2cccs2)CCC3)cc1. The minimum absolute atomic E-state index is 0.235. The molecule has 0 bridgehead atoms. The van der Waals surface area contributed by atoms with Gasteiger partial charge in [-0.3, -0.25) is 9.59 Å². The minimum Gasteiger partial charge on any atom is -0.455 e. The van der Waals surface area contributed by atoms with Crippen molar-refractivity contribution in [3.63, 3.8) is 0 Å². The van der Waals surface area contributed by atoms with Crippen LogP contribution in [0.2, 0.25) is 0 Å². The van der Waals surface area contributed by atoms with Gasteiger partial charge in [0.15, 0.2) is 5.76 Å². The third-order valence-corrected chi connectivity index (χ3v) is 6.47. The highest BCUT2D eigenvalue weighted by Gasteiger charge is 2.28. The highest BCUT2D eigenvalue weighted by molar-refractivity contribution is 7.12.